The van der Waals surface area contributed by atoms with Gasteiger partial charge in [0.25, 0.3) is 0 Å². The molecule has 112 valence electrons. The van der Waals surface area contributed by atoms with Gasteiger partial charge in [0, 0.05) is 0 Å². The normalized spacial score (nSPS) is 22.0. The molecule has 0 radical (unpaired) electrons. The molecule has 1 aliphatic carbocycles. The van der Waals surface area contributed by atoms with E-state index in [2.05, 4.69) is 13.0 Å². The fourth-order valence-corrected chi connectivity index (χ4v) is 3.02. The van der Waals surface area contributed by atoms with Crippen LogP contribution in [0.15, 0.2) is 11.6 Å². The third-order valence-corrected chi connectivity index (χ3v) is 4.27. The largest absolute Gasteiger partial charge is 0.393 e. The average molecular weight is 266 g/mol. The summed E-state index contributed by atoms with van der Waals surface area (Å²) in [6, 6.07) is 0. The van der Waals surface area contributed by atoms with Gasteiger partial charge in [0.2, 0.25) is 0 Å². The Morgan fingerprint density at radius 1 is 1.00 bits per heavy atom. The topological polar surface area (TPSA) is 20.2 Å². The maximum atomic E-state index is 9.60. The van der Waals surface area contributed by atoms with E-state index < -0.39 is 0 Å². The second-order valence-corrected chi connectivity index (χ2v) is 6.23. The van der Waals surface area contributed by atoms with Gasteiger partial charge in [-0.25, -0.2) is 0 Å². The summed E-state index contributed by atoms with van der Waals surface area (Å²) >= 11 is 0. The summed E-state index contributed by atoms with van der Waals surface area (Å²) in [7, 11) is 0. The molecule has 0 aliphatic heterocycles. The molecule has 1 fully saturated rings. The van der Waals surface area contributed by atoms with Gasteiger partial charge in [0.15, 0.2) is 0 Å². The molecule has 1 atom stereocenters. The monoisotopic (exact) mass is 266 g/mol. The summed E-state index contributed by atoms with van der Waals surface area (Å²) in [5.74, 6) is 0. The van der Waals surface area contributed by atoms with Gasteiger partial charge in [0.1, 0.15) is 0 Å². The number of hydrogen-bond acceptors (Lipinski definition) is 1. The smallest absolute Gasteiger partial charge is 0.0577 e. The molecule has 1 N–H and O–H groups in total. The van der Waals surface area contributed by atoms with Crippen molar-refractivity contribution in [3.8, 4) is 0 Å². The average Bonchev–Trinajstić information content (AvgIpc) is 2.41. The van der Waals surface area contributed by atoms with Crippen molar-refractivity contribution in [3.05, 3.63) is 11.6 Å². The number of unbranched alkanes of at least 4 members (excludes halogenated alkanes) is 9. The highest BCUT2D eigenvalue weighted by Gasteiger charge is 2.13. The molecule has 0 aromatic rings. The molecule has 1 unspecified atom stereocenters. The zero-order valence-electron chi connectivity index (χ0n) is 13.0. The van der Waals surface area contributed by atoms with E-state index in [9.17, 15) is 5.11 Å². The van der Waals surface area contributed by atoms with Crippen LogP contribution in [0.5, 0.6) is 0 Å². The number of aliphatic hydroxyl groups is 1. The van der Waals surface area contributed by atoms with Gasteiger partial charge < -0.3 is 5.11 Å². The molecule has 0 spiro atoms. The van der Waals surface area contributed by atoms with Gasteiger partial charge in [-0.15, -0.1) is 0 Å². The maximum Gasteiger partial charge on any atom is 0.0577 e. The van der Waals surface area contributed by atoms with E-state index in [-0.39, 0.29) is 6.10 Å². The summed E-state index contributed by atoms with van der Waals surface area (Å²) in [6.07, 6.45) is 20.6. The SMILES string of the molecule is CCCCCCCCCCCC=C1CCCC(O)C1. The molecule has 0 aromatic heterocycles. The minimum atomic E-state index is -0.0527. The van der Waals surface area contributed by atoms with Crippen LogP contribution in [-0.2, 0) is 0 Å². The highest BCUT2D eigenvalue weighted by atomic mass is 16.3. The van der Waals surface area contributed by atoms with Crippen LogP contribution >= 0.6 is 0 Å². The van der Waals surface area contributed by atoms with Crippen molar-refractivity contribution in [3.63, 3.8) is 0 Å². The lowest BCUT2D eigenvalue weighted by atomic mass is 9.91. The quantitative estimate of drug-likeness (QED) is 0.393. The number of hydrogen-bond donors (Lipinski definition) is 1. The van der Waals surface area contributed by atoms with E-state index in [1.54, 1.807) is 0 Å². The summed E-state index contributed by atoms with van der Waals surface area (Å²) < 4.78 is 0. The highest BCUT2D eigenvalue weighted by molar-refractivity contribution is 5.06. The Hall–Kier alpha value is -0.300. The lowest BCUT2D eigenvalue weighted by Crippen LogP contribution is -2.12. The molecule has 0 aromatic carbocycles. The van der Waals surface area contributed by atoms with Crippen LogP contribution < -0.4 is 0 Å². The van der Waals surface area contributed by atoms with Gasteiger partial charge in [-0.2, -0.15) is 0 Å². The van der Waals surface area contributed by atoms with Gasteiger partial charge in [-0.3, -0.25) is 0 Å². The number of aliphatic hydroxyl groups excluding tert-OH is 1. The third kappa shape index (κ3) is 9.27. The molecular formula is C18H34O. The molecule has 0 amide bonds. The lowest BCUT2D eigenvalue weighted by molar-refractivity contribution is 0.149. The molecule has 1 rings (SSSR count). The van der Waals surface area contributed by atoms with Gasteiger partial charge in [-0.05, 0) is 38.5 Å². The van der Waals surface area contributed by atoms with Crippen LogP contribution in [0.25, 0.3) is 0 Å². The molecule has 1 nitrogen and oxygen atoms in total. The second-order valence-electron chi connectivity index (χ2n) is 6.23. The van der Waals surface area contributed by atoms with E-state index in [0.717, 1.165) is 12.8 Å². The summed E-state index contributed by atoms with van der Waals surface area (Å²) in [6.45, 7) is 2.28. The first kappa shape index (κ1) is 16.8. The van der Waals surface area contributed by atoms with E-state index >= 15 is 0 Å². The van der Waals surface area contributed by atoms with Crippen LogP contribution in [0.1, 0.15) is 96.8 Å². The van der Waals surface area contributed by atoms with Crippen molar-refractivity contribution in [2.75, 3.05) is 0 Å². The van der Waals surface area contributed by atoms with Gasteiger partial charge in [0.05, 0.1) is 6.10 Å². The van der Waals surface area contributed by atoms with Crippen molar-refractivity contribution < 1.29 is 5.11 Å². The summed E-state index contributed by atoms with van der Waals surface area (Å²) in [5, 5.41) is 9.60. The Bertz CT molecular complexity index is 232. The van der Waals surface area contributed by atoms with Crippen molar-refractivity contribution in [1.82, 2.24) is 0 Å². The Labute approximate surface area is 120 Å². The predicted octanol–water partition coefficient (Wildman–Crippen LogP) is 5.77. The van der Waals surface area contributed by atoms with E-state index in [1.807, 2.05) is 0 Å². The zero-order valence-corrected chi connectivity index (χ0v) is 13.0. The van der Waals surface area contributed by atoms with Crippen LogP contribution in [0.2, 0.25) is 0 Å². The first-order valence-corrected chi connectivity index (χ1v) is 8.69. The van der Waals surface area contributed by atoms with Crippen molar-refractivity contribution >= 4 is 0 Å². The standard InChI is InChI=1S/C18H34O/c1-2-3-4-5-6-7-8-9-10-11-13-17-14-12-15-18(19)16-17/h13,18-19H,2-12,14-16H2,1H3. The minimum absolute atomic E-state index is 0.0527. The van der Waals surface area contributed by atoms with E-state index in [1.165, 1.54) is 82.6 Å². The van der Waals surface area contributed by atoms with Crippen LogP contribution in [0, 0.1) is 0 Å². The molecule has 1 aliphatic rings. The number of rotatable bonds is 10. The fourth-order valence-electron chi connectivity index (χ4n) is 3.02. The molecule has 0 heterocycles. The molecule has 0 saturated heterocycles. The lowest BCUT2D eigenvalue weighted by Gasteiger charge is -2.19. The minimum Gasteiger partial charge on any atom is -0.393 e. The molecular weight excluding hydrogens is 232 g/mol. The third-order valence-electron chi connectivity index (χ3n) is 4.27. The second kappa shape index (κ2) is 11.5. The van der Waals surface area contributed by atoms with Crippen molar-refractivity contribution in [1.29, 1.82) is 0 Å². The molecule has 1 saturated carbocycles. The molecule has 0 bridgehead atoms. The van der Waals surface area contributed by atoms with Crippen LogP contribution in [0.4, 0.5) is 0 Å². The van der Waals surface area contributed by atoms with Crippen molar-refractivity contribution in [2.24, 2.45) is 0 Å². The summed E-state index contributed by atoms with van der Waals surface area (Å²) in [5.41, 5.74) is 1.51. The highest BCUT2D eigenvalue weighted by Crippen LogP contribution is 2.24. The Morgan fingerprint density at radius 2 is 1.63 bits per heavy atom. The van der Waals surface area contributed by atoms with Crippen molar-refractivity contribution in [2.45, 2.75) is 103 Å². The molecule has 19 heavy (non-hydrogen) atoms. The molecule has 1 heteroatoms. The first-order valence-electron chi connectivity index (χ1n) is 8.69. The van der Waals surface area contributed by atoms with E-state index in [0.29, 0.717) is 0 Å². The number of allylic oxidation sites excluding steroid dienone is 1. The maximum absolute atomic E-state index is 9.60. The van der Waals surface area contributed by atoms with Gasteiger partial charge in [-0.1, -0.05) is 69.9 Å². The Kier molecular flexibility index (Phi) is 10.2. The van der Waals surface area contributed by atoms with Crippen LogP contribution in [0.3, 0.4) is 0 Å². The van der Waals surface area contributed by atoms with Gasteiger partial charge >= 0.3 is 0 Å². The Balaban J connectivity index is 1.86. The Morgan fingerprint density at radius 3 is 2.26 bits per heavy atom. The zero-order chi connectivity index (χ0) is 13.8. The van der Waals surface area contributed by atoms with E-state index in [4.69, 9.17) is 0 Å². The first-order chi connectivity index (χ1) is 9.33. The summed E-state index contributed by atoms with van der Waals surface area (Å²) in [4.78, 5) is 0. The predicted molar refractivity (Wildman–Crippen MR) is 84.4 cm³/mol. The van der Waals surface area contributed by atoms with Crippen LogP contribution in [-0.4, -0.2) is 11.2 Å². The fraction of sp³-hybridized carbons (Fsp3) is 0.889.